The highest BCUT2D eigenvalue weighted by atomic mass is 16.7. The van der Waals surface area contributed by atoms with Gasteiger partial charge in [0.25, 0.3) is 0 Å². The number of hydrogen-bond acceptors (Lipinski definition) is 9. The molecule has 1 heterocycles. The number of aliphatic hydroxyl groups is 4. The van der Waals surface area contributed by atoms with Gasteiger partial charge in [-0.3, -0.25) is 0 Å². The molecule has 1 aromatic carbocycles. The topological polar surface area (TPSA) is 135 Å². The van der Waals surface area contributed by atoms with Crippen LogP contribution in [-0.4, -0.2) is 76.4 Å². The molecular formula is C31H42O9. The smallest absolute Gasteiger partial charge is 0.331 e. The Balaban J connectivity index is 1.50. The zero-order valence-corrected chi connectivity index (χ0v) is 23.7. The van der Waals surface area contributed by atoms with E-state index in [0.717, 1.165) is 23.2 Å². The van der Waals surface area contributed by atoms with E-state index < -0.39 is 48.9 Å². The van der Waals surface area contributed by atoms with Crippen LogP contribution in [0.4, 0.5) is 0 Å². The van der Waals surface area contributed by atoms with E-state index in [1.807, 2.05) is 6.07 Å². The summed E-state index contributed by atoms with van der Waals surface area (Å²) in [6.45, 7) is 4.78. The predicted octanol–water partition coefficient (Wildman–Crippen LogP) is 3.03. The molecule has 1 aromatic rings. The van der Waals surface area contributed by atoms with Gasteiger partial charge in [-0.15, -0.1) is 0 Å². The first kappa shape index (κ1) is 29.1. The third kappa shape index (κ3) is 5.94. The van der Waals surface area contributed by atoms with Crippen LogP contribution in [0.5, 0.6) is 5.75 Å². The summed E-state index contributed by atoms with van der Waals surface area (Å²) in [4.78, 5) is 12.4. The zero-order valence-electron chi connectivity index (χ0n) is 23.7. The number of hydrogen-bond donors (Lipinski definition) is 4. The molecule has 0 amide bonds. The van der Waals surface area contributed by atoms with E-state index in [1.54, 1.807) is 46.1 Å². The van der Waals surface area contributed by atoms with Crippen LogP contribution in [0.2, 0.25) is 0 Å². The molecule has 9 nitrogen and oxygen atoms in total. The first-order valence-corrected chi connectivity index (χ1v) is 14.3. The molecule has 2 unspecified atom stereocenters. The fourth-order valence-electron chi connectivity index (χ4n) is 7.16. The van der Waals surface area contributed by atoms with E-state index in [4.69, 9.17) is 18.9 Å². The van der Waals surface area contributed by atoms with Crippen molar-refractivity contribution in [3.8, 4) is 5.75 Å². The van der Waals surface area contributed by atoms with E-state index in [2.05, 4.69) is 0 Å². The van der Waals surface area contributed by atoms with Gasteiger partial charge < -0.3 is 39.4 Å². The largest absolute Gasteiger partial charge is 0.496 e. The second kappa shape index (κ2) is 11.4. The normalized spacial score (nSPS) is 35.2. The van der Waals surface area contributed by atoms with Crippen LogP contribution in [0, 0.1) is 23.7 Å². The molecule has 5 atom stereocenters. The minimum Gasteiger partial charge on any atom is -0.496 e. The summed E-state index contributed by atoms with van der Waals surface area (Å²) in [6, 6.07) is 5.50. The highest BCUT2D eigenvalue weighted by Gasteiger charge is 2.47. The number of carbonyl (C=O) groups excluding carboxylic acids is 1. The van der Waals surface area contributed by atoms with Gasteiger partial charge in [-0.25, -0.2) is 4.79 Å². The third-order valence-corrected chi connectivity index (χ3v) is 8.66. The van der Waals surface area contributed by atoms with Gasteiger partial charge in [0, 0.05) is 17.2 Å². The highest BCUT2D eigenvalue weighted by molar-refractivity contribution is 5.88. The zero-order chi connectivity index (χ0) is 28.8. The molecule has 4 aliphatic carbocycles. The molecule has 5 aliphatic rings. The molecular weight excluding hydrogens is 516 g/mol. The molecule has 1 saturated heterocycles. The summed E-state index contributed by atoms with van der Waals surface area (Å²) in [5.41, 5.74) is 2.03. The van der Waals surface area contributed by atoms with Crippen LogP contribution in [0.15, 0.2) is 29.8 Å². The van der Waals surface area contributed by atoms with Gasteiger partial charge in [-0.1, -0.05) is 12.1 Å². The number of ether oxygens (including phenoxy) is 4. The van der Waals surface area contributed by atoms with Crippen molar-refractivity contribution in [3.05, 3.63) is 41.0 Å². The highest BCUT2D eigenvalue weighted by Crippen LogP contribution is 2.58. The molecule has 4 saturated carbocycles. The lowest BCUT2D eigenvalue weighted by Gasteiger charge is -2.51. The maximum atomic E-state index is 12.4. The fraction of sp³-hybridized carbons (Fsp3) is 0.645. The van der Waals surface area contributed by atoms with E-state index >= 15 is 0 Å². The standard InChI is InChI=1S/C31H42O9/c1-31(2,3)40-24(33)8-7-18-5-6-19(14-22(18)38-30-28(36)27(35)26(34)23(15-32)39-30)29(37-4)25-20-10-16-9-17(12-20)13-21(25)11-16/h5-8,14,16-17,20-21,23,26-28,30,32,34-36H,9-13,15H2,1-4H3/b8-7+,29-25?/t16?,17?,20?,21?,23?,26-,27?,28-,30+/m0/s1. The first-order chi connectivity index (χ1) is 19.0. The summed E-state index contributed by atoms with van der Waals surface area (Å²) in [6.07, 6.45) is 1.83. The predicted molar refractivity (Wildman–Crippen MR) is 147 cm³/mol. The average Bonchev–Trinajstić information content (AvgIpc) is 2.89. The second-order valence-electron chi connectivity index (χ2n) is 12.7. The van der Waals surface area contributed by atoms with Crippen molar-refractivity contribution in [2.75, 3.05) is 13.7 Å². The maximum absolute atomic E-state index is 12.4. The van der Waals surface area contributed by atoms with Crippen molar-refractivity contribution in [1.82, 2.24) is 0 Å². The average molecular weight is 559 g/mol. The lowest BCUT2D eigenvalue weighted by Crippen LogP contribution is -2.60. The first-order valence-electron chi connectivity index (χ1n) is 14.3. The molecule has 220 valence electrons. The number of rotatable bonds is 7. The van der Waals surface area contributed by atoms with E-state index in [1.165, 1.54) is 43.8 Å². The summed E-state index contributed by atoms with van der Waals surface area (Å²) in [5, 5.41) is 40.7. The molecule has 5 fully saturated rings. The van der Waals surface area contributed by atoms with Crippen LogP contribution in [0.1, 0.15) is 64.0 Å². The van der Waals surface area contributed by atoms with Crippen LogP contribution in [0.25, 0.3) is 11.8 Å². The molecule has 6 rings (SSSR count). The fourth-order valence-corrected chi connectivity index (χ4v) is 7.16. The maximum Gasteiger partial charge on any atom is 0.331 e. The van der Waals surface area contributed by atoms with Crippen molar-refractivity contribution in [2.24, 2.45) is 23.7 Å². The molecule has 1 aliphatic heterocycles. The van der Waals surface area contributed by atoms with Gasteiger partial charge >= 0.3 is 5.97 Å². The third-order valence-electron chi connectivity index (χ3n) is 8.66. The van der Waals surface area contributed by atoms with E-state index in [-0.39, 0.29) is 5.75 Å². The number of benzene rings is 1. The Kier molecular flexibility index (Phi) is 8.32. The van der Waals surface area contributed by atoms with Gasteiger partial charge in [-0.05, 0) is 94.3 Å². The summed E-state index contributed by atoms with van der Waals surface area (Å²) >= 11 is 0. The number of methoxy groups -OCH3 is 1. The number of aliphatic hydroxyl groups excluding tert-OH is 4. The summed E-state index contributed by atoms with van der Waals surface area (Å²) in [7, 11) is 1.68. The molecule has 0 radical (unpaired) electrons. The number of allylic oxidation sites excluding steroid dienone is 1. The number of esters is 1. The van der Waals surface area contributed by atoms with Crippen molar-refractivity contribution in [2.45, 2.75) is 89.2 Å². The number of carbonyl (C=O) groups is 1. The van der Waals surface area contributed by atoms with Crippen molar-refractivity contribution >= 4 is 17.8 Å². The van der Waals surface area contributed by atoms with Crippen LogP contribution in [0.3, 0.4) is 0 Å². The van der Waals surface area contributed by atoms with E-state index in [9.17, 15) is 25.2 Å². The van der Waals surface area contributed by atoms with Gasteiger partial charge in [0.15, 0.2) is 0 Å². The Labute approximate surface area is 235 Å². The van der Waals surface area contributed by atoms with Gasteiger partial charge in [0.2, 0.25) is 6.29 Å². The summed E-state index contributed by atoms with van der Waals surface area (Å²) in [5.74, 6) is 3.20. The Hall–Kier alpha value is -2.43. The minimum absolute atomic E-state index is 0.278. The Morgan fingerprint density at radius 1 is 1.00 bits per heavy atom. The molecule has 4 N–H and O–H groups in total. The minimum atomic E-state index is -1.58. The van der Waals surface area contributed by atoms with Crippen LogP contribution in [-0.2, 0) is 19.0 Å². The quantitative estimate of drug-likeness (QED) is 0.226. The van der Waals surface area contributed by atoms with Crippen molar-refractivity contribution in [3.63, 3.8) is 0 Å². The molecule has 40 heavy (non-hydrogen) atoms. The SMILES string of the molecule is COC(=C1C2CC3CC(C2)CC1C3)c1ccc(/C=C/C(=O)OC(C)(C)C)c(O[C@@H]2OC(CO)[C@H](O)C(O)[C@@H]2O)c1. The molecule has 0 aromatic heterocycles. The Bertz CT molecular complexity index is 1120. The van der Waals surface area contributed by atoms with Crippen molar-refractivity contribution < 1.29 is 44.2 Å². The molecule has 4 bridgehead atoms. The molecule has 0 spiro atoms. The van der Waals surface area contributed by atoms with Crippen molar-refractivity contribution in [1.29, 1.82) is 0 Å². The lowest BCUT2D eigenvalue weighted by molar-refractivity contribution is -0.277. The van der Waals surface area contributed by atoms with Gasteiger partial charge in [0.05, 0.1) is 13.7 Å². The van der Waals surface area contributed by atoms with Gasteiger partial charge in [-0.2, -0.15) is 0 Å². The summed E-state index contributed by atoms with van der Waals surface area (Å²) < 4.78 is 23.1. The van der Waals surface area contributed by atoms with E-state index in [0.29, 0.717) is 17.4 Å². The van der Waals surface area contributed by atoms with Crippen LogP contribution < -0.4 is 4.74 Å². The van der Waals surface area contributed by atoms with Gasteiger partial charge in [0.1, 0.15) is 41.5 Å². The molecule has 9 heteroatoms. The second-order valence-corrected chi connectivity index (χ2v) is 12.7. The van der Waals surface area contributed by atoms with Crippen LogP contribution >= 0.6 is 0 Å². The monoisotopic (exact) mass is 558 g/mol. The lowest BCUT2D eigenvalue weighted by atomic mass is 9.54. The Morgan fingerprint density at radius 2 is 1.65 bits per heavy atom. The Morgan fingerprint density at radius 3 is 2.23 bits per heavy atom.